The predicted molar refractivity (Wildman–Crippen MR) is 97.1 cm³/mol. The number of hydrogen-bond acceptors (Lipinski definition) is 4. The molecule has 0 aliphatic rings. The monoisotopic (exact) mass is 426 g/mol. The van der Waals surface area contributed by atoms with Crippen molar-refractivity contribution in [2.24, 2.45) is 0 Å². The molecule has 5 nitrogen and oxygen atoms in total. The molecule has 0 atom stereocenters. The van der Waals surface area contributed by atoms with Crippen LogP contribution in [0.5, 0.6) is 0 Å². The van der Waals surface area contributed by atoms with Crippen LogP contribution in [0.3, 0.4) is 0 Å². The fourth-order valence-corrected chi connectivity index (χ4v) is 2.82. The summed E-state index contributed by atoms with van der Waals surface area (Å²) in [6.45, 7) is 2.24. The first-order valence-electron chi connectivity index (χ1n) is 9.30. The van der Waals surface area contributed by atoms with E-state index in [0.29, 0.717) is 6.42 Å². The minimum atomic E-state index is -4.65. The number of carbonyl (C=O) groups excluding carboxylic acids is 1. The van der Waals surface area contributed by atoms with Crippen LogP contribution in [-0.4, -0.2) is 18.9 Å². The van der Waals surface area contributed by atoms with Crippen LogP contribution in [0.25, 0.3) is 0 Å². The van der Waals surface area contributed by atoms with Gasteiger partial charge in [0, 0.05) is 25.9 Å². The number of allylic oxidation sites excluding steroid dienone is 2. The molecule has 0 aromatic carbocycles. The first-order valence-corrected chi connectivity index (χ1v) is 10.7. The Balaban J connectivity index is 0. The van der Waals surface area contributed by atoms with Crippen LogP contribution in [0.15, 0.2) is 12.2 Å². The third-order valence-electron chi connectivity index (χ3n) is 3.84. The van der Waals surface area contributed by atoms with Crippen LogP contribution in [0.4, 0.5) is 0 Å². The maximum atomic E-state index is 11.0. The Bertz CT molecular complexity index is 435. The van der Waals surface area contributed by atoms with E-state index >= 15 is 0 Å². The molecule has 0 rings (SSSR count). The van der Waals surface area contributed by atoms with E-state index in [1.165, 1.54) is 44.9 Å². The zero-order valence-electron chi connectivity index (χ0n) is 15.7. The first-order chi connectivity index (χ1) is 11.5. The number of unbranched alkanes of at least 4 members (excludes halogenated alkanes) is 11. The average molecular weight is 428 g/mol. The molecule has 0 aromatic heterocycles. The summed E-state index contributed by atoms with van der Waals surface area (Å²) < 4.78 is 32.8. The summed E-state index contributed by atoms with van der Waals surface area (Å²) in [6, 6.07) is 0. The smallest absolute Gasteiger partial charge is 0.325 e. The Labute approximate surface area is 166 Å². The molecular weight excluding hydrogens is 394 g/mol. The summed E-state index contributed by atoms with van der Waals surface area (Å²) in [6.07, 6.45) is 19.6. The topological polar surface area (TPSA) is 80.7 Å². The normalized spacial score (nSPS) is 11.4. The van der Waals surface area contributed by atoms with Gasteiger partial charge < -0.3 is 4.18 Å². The molecule has 0 amide bonds. The second-order valence-electron chi connectivity index (χ2n) is 6.22. The van der Waals surface area contributed by atoms with Gasteiger partial charge in [-0.3, -0.25) is 9.35 Å². The summed E-state index contributed by atoms with van der Waals surface area (Å²) in [5.74, 6) is -0.893. The van der Waals surface area contributed by atoms with Crippen molar-refractivity contribution in [1.82, 2.24) is 0 Å². The van der Waals surface area contributed by atoms with Gasteiger partial charge in [-0.05, 0) is 32.1 Å². The Morgan fingerprint density at radius 1 is 0.840 bits per heavy atom. The molecule has 1 N–H and O–H groups in total. The molecule has 0 unspecified atom stereocenters. The van der Waals surface area contributed by atoms with Crippen LogP contribution in [-0.2, 0) is 38.9 Å². The van der Waals surface area contributed by atoms with Crippen LogP contribution in [0.2, 0.25) is 0 Å². The van der Waals surface area contributed by atoms with Gasteiger partial charge in [-0.25, -0.2) is 0 Å². The summed E-state index contributed by atoms with van der Waals surface area (Å²) >= 11 is 0. The van der Waals surface area contributed by atoms with Gasteiger partial charge in [0.2, 0.25) is 0 Å². The maximum absolute atomic E-state index is 11.0. The Morgan fingerprint density at radius 2 is 1.28 bits per heavy atom. The molecule has 0 aromatic rings. The van der Waals surface area contributed by atoms with Crippen LogP contribution < -0.4 is 0 Å². The largest absolute Gasteiger partial charge is 0.448 e. The average Bonchev–Trinajstić information content (AvgIpc) is 2.49. The predicted octanol–water partition coefficient (Wildman–Crippen LogP) is 5.37. The fraction of sp³-hybridized carbons (Fsp3) is 0.833. The van der Waals surface area contributed by atoms with Crippen molar-refractivity contribution < 1.29 is 41.4 Å². The van der Waals surface area contributed by atoms with Crippen LogP contribution in [0, 0.1) is 0 Å². The Hall–Kier alpha value is -0.257. The van der Waals surface area contributed by atoms with E-state index in [-0.39, 0.29) is 25.9 Å². The molecule has 0 saturated carbocycles. The fourth-order valence-electron chi connectivity index (χ4n) is 2.50. The molecule has 0 spiro atoms. The van der Waals surface area contributed by atoms with E-state index in [0.717, 1.165) is 32.1 Å². The van der Waals surface area contributed by atoms with Gasteiger partial charge in [0.05, 0.1) is 0 Å². The second kappa shape index (κ2) is 18.5. The van der Waals surface area contributed by atoms with Gasteiger partial charge in [0.25, 0.3) is 0 Å². The van der Waals surface area contributed by atoms with Crippen molar-refractivity contribution in [3.63, 3.8) is 0 Å². The van der Waals surface area contributed by atoms with Crippen molar-refractivity contribution >= 4 is 16.4 Å². The van der Waals surface area contributed by atoms with Gasteiger partial charge in [-0.1, -0.05) is 70.4 Å². The molecule has 0 bridgehead atoms. The molecule has 0 aliphatic carbocycles. The molecular formula is C18H34O5SZn. The number of hydrogen-bond donors (Lipinski definition) is 1. The zero-order chi connectivity index (χ0) is 18.1. The molecule has 0 heterocycles. The van der Waals surface area contributed by atoms with Gasteiger partial charge in [-0.2, -0.15) is 8.42 Å². The maximum Gasteiger partial charge on any atom is 0.448 e. The van der Waals surface area contributed by atoms with Crippen molar-refractivity contribution in [2.75, 3.05) is 0 Å². The molecule has 0 radical (unpaired) electrons. The van der Waals surface area contributed by atoms with E-state index < -0.39 is 16.4 Å². The van der Waals surface area contributed by atoms with Gasteiger partial charge in [-0.15, -0.1) is 0 Å². The van der Waals surface area contributed by atoms with E-state index in [1.807, 2.05) is 0 Å². The molecule has 0 fully saturated rings. The van der Waals surface area contributed by atoms with Crippen LogP contribution in [0.1, 0.15) is 96.8 Å². The van der Waals surface area contributed by atoms with E-state index in [1.54, 1.807) is 0 Å². The standard InChI is InChI=1S/C18H34O5S.Zn/c1-2-3-4-5-6-7-8-9-10-11-12-13-14-15-16-17-18(19)23-24(20,21)22;/h9-10H,2-8,11-17H2,1H3,(H,20,21,22);. The third kappa shape index (κ3) is 23.7. The molecule has 7 heteroatoms. The second-order valence-corrected chi connectivity index (χ2v) is 7.24. The Morgan fingerprint density at radius 3 is 1.76 bits per heavy atom. The van der Waals surface area contributed by atoms with E-state index in [9.17, 15) is 13.2 Å². The summed E-state index contributed by atoms with van der Waals surface area (Å²) in [4.78, 5) is 11.0. The van der Waals surface area contributed by atoms with Crippen molar-refractivity contribution in [1.29, 1.82) is 0 Å². The van der Waals surface area contributed by atoms with Crippen molar-refractivity contribution in [3.05, 3.63) is 12.2 Å². The van der Waals surface area contributed by atoms with E-state index in [4.69, 9.17) is 4.55 Å². The molecule has 0 saturated heterocycles. The Kier molecular flexibility index (Phi) is 20.0. The SMILES string of the molecule is CCCCCCCCC=CCCCCCCCC(=O)OS(=O)(=O)O.[Zn]. The molecule has 144 valence electrons. The number of rotatable bonds is 16. The zero-order valence-corrected chi connectivity index (χ0v) is 19.5. The van der Waals surface area contributed by atoms with Gasteiger partial charge in [0.1, 0.15) is 0 Å². The first kappa shape index (κ1) is 27.0. The van der Waals surface area contributed by atoms with Crippen LogP contribution >= 0.6 is 0 Å². The summed E-state index contributed by atoms with van der Waals surface area (Å²) in [7, 11) is -4.65. The molecule has 25 heavy (non-hydrogen) atoms. The minimum absolute atomic E-state index is 0. The summed E-state index contributed by atoms with van der Waals surface area (Å²) in [5.41, 5.74) is 0. The quantitative estimate of drug-likeness (QED) is 0.155. The summed E-state index contributed by atoms with van der Waals surface area (Å²) in [5, 5.41) is 0. The van der Waals surface area contributed by atoms with Crippen molar-refractivity contribution in [3.8, 4) is 0 Å². The molecule has 0 aliphatic heterocycles. The third-order valence-corrected chi connectivity index (χ3v) is 4.24. The van der Waals surface area contributed by atoms with Gasteiger partial charge >= 0.3 is 16.4 Å². The minimum Gasteiger partial charge on any atom is -0.325 e. The number of carbonyl (C=O) groups is 1. The van der Waals surface area contributed by atoms with Gasteiger partial charge in [0.15, 0.2) is 0 Å². The van der Waals surface area contributed by atoms with Crippen molar-refractivity contribution in [2.45, 2.75) is 96.8 Å². The van der Waals surface area contributed by atoms with E-state index in [2.05, 4.69) is 23.3 Å².